The number of methoxy groups -OCH3 is 1. The monoisotopic (exact) mass is 318 g/mol. The summed E-state index contributed by atoms with van der Waals surface area (Å²) in [5.74, 6) is 1.68. The summed E-state index contributed by atoms with van der Waals surface area (Å²) >= 11 is 0. The average Bonchev–Trinajstić information content (AvgIpc) is 2.53. The van der Waals surface area contributed by atoms with E-state index in [-0.39, 0.29) is 0 Å². The average molecular weight is 319 g/mol. The lowest BCUT2D eigenvalue weighted by Crippen LogP contribution is -2.52. The molecule has 3 heteroatoms. The van der Waals surface area contributed by atoms with E-state index in [2.05, 4.69) is 43.5 Å². The normalized spacial score (nSPS) is 23.0. The quantitative estimate of drug-likeness (QED) is 0.756. The standard InChI is InChI=1S/C20H34N2O/c1-15(2)13-16(3)22-20-8-6-5-7-19(20)21-14-17-9-11-18(23-4)12-10-17/h9-12,15-16,19-22H,5-8,13-14H2,1-4H3/t16?,19-,20-/m1/s1. The van der Waals surface area contributed by atoms with Gasteiger partial charge in [0, 0.05) is 24.7 Å². The highest BCUT2D eigenvalue weighted by molar-refractivity contribution is 5.27. The molecule has 0 amide bonds. The van der Waals surface area contributed by atoms with Gasteiger partial charge in [-0.25, -0.2) is 0 Å². The molecule has 0 radical (unpaired) electrons. The maximum absolute atomic E-state index is 5.23. The molecule has 2 rings (SSSR count). The van der Waals surface area contributed by atoms with E-state index in [0.717, 1.165) is 18.2 Å². The second-order valence-corrected chi connectivity index (χ2v) is 7.42. The van der Waals surface area contributed by atoms with Crippen molar-refractivity contribution in [3.8, 4) is 5.75 Å². The Labute approximate surface area is 142 Å². The zero-order chi connectivity index (χ0) is 16.7. The van der Waals surface area contributed by atoms with Crippen LogP contribution in [0.4, 0.5) is 0 Å². The Hall–Kier alpha value is -1.06. The third kappa shape index (κ3) is 6.15. The lowest BCUT2D eigenvalue weighted by Gasteiger charge is -2.35. The van der Waals surface area contributed by atoms with Gasteiger partial charge in [0.15, 0.2) is 0 Å². The van der Waals surface area contributed by atoms with E-state index in [1.54, 1.807) is 7.11 Å². The number of nitrogens with one attached hydrogen (secondary N) is 2. The Balaban J connectivity index is 1.85. The maximum Gasteiger partial charge on any atom is 0.118 e. The Kier molecular flexibility index (Phi) is 7.38. The van der Waals surface area contributed by atoms with Crippen molar-refractivity contribution in [2.24, 2.45) is 5.92 Å². The number of hydrogen-bond donors (Lipinski definition) is 2. The molecule has 1 aliphatic rings. The number of benzene rings is 1. The largest absolute Gasteiger partial charge is 0.497 e. The van der Waals surface area contributed by atoms with Crippen LogP contribution in [0, 0.1) is 5.92 Å². The highest BCUT2D eigenvalue weighted by atomic mass is 16.5. The van der Waals surface area contributed by atoms with Crippen molar-refractivity contribution < 1.29 is 4.74 Å². The first-order chi connectivity index (χ1) is 11.1. The SMILES string of the molecule is COc1ccc(CN[C@@H]2CCCC[C@H]2NC(C)CC(C)C)cc1. The van der Waals surface area contributed by atoms with Gasteiger partial charge in [-0.1, -0.05) is 38.8 Å². The van der Waals surface area contributed by atoms with Crippen LogP contribution >= 0.6 is 0 Å². The highest BCUT2D eigenvalue weighted by Gasteiger charge is 2.25. The van der Waals surface area contributed by atoms with Crippen molar-refractivity contribution in [3.05, 3.63) is 29.8 Å². The molecule has 0 bridgehead atoms. The Morgan fingerprint density at radius 1 is 1.04 bits per heavy atom. The molecule has 1 saturated carbocycles. The molecule has 23 heavy (non-hydrogen) atoms. The minimum Gasteiger partial charge on any atom is -0.497 e. The molecular weight excluding hydrogens is 284 g/mol. The van der Waals surface area contributed by atoms with E-state index < -0.39 is 0 Å². The number of ether oxygens (including phenoxy) is 1. The molecule has 0 aliphatic heterocycles. The summed E-state index contributed by atoms with van der Waals surface area (Å²) in [5.41, 5.74) is 1.32. The van der Waals surface area contributed by atoms with E-state index in [9.17, 15) is 0 Å². The molecule has 0 spiro atoms. The zero-order valence-corrected chi connectivity index (χ0v) is 15.3. The molecule has 1 aliphatic carbocycles. The zero-order valence-electron chi connectivity index (χ0n) is 15.3. The van der Waals surface area contributed by atoms with Gasteiger partial charge in [-0.2, -0.15) is 0 Å². The molecule has 0 aromatic heterocycles. The van der Waals surface area contributed by atoms with Crippen LogP contribution in [-0.4, -0.2) is 25.2 Å². The van der Waals surface area contributed by atoms with Gasteiger partial charge in [-0.15, -0.1) is 0 Å². The van der Waals surface area contributed by atoms with Crippen LogP contribution in [-0.2, 0) is 6.54 Å². The summed E-state index contributed by atoms with van der Waals surface area (Å²) < 4.78 is 5.23. The van der Waals surface area contributed by atoms with Crippen molar-refractivity contribution in [3.63, 3.8) is 0 Å². The summed E-state index contributed by atoms with van der Waals surface area (Å²) in [7, 11) is 1.71. The van der Waals surface area contributed by atoms with Gasteiger partial charge in [0.1, 0.15) is 5.75 Å². The van der Waals surface area contributed by atoms with Crippen LogP contribution in [0.2, 0.25) is 0 Å². The fourth-order valence-electron chi connectivity index (χ4n) is 3.71. The first kappa shape index (κ1) is 18.3. The molecule has 3 atom stereocenters. The first-order valence-corrected chi connectivity index (χ1v) is 9.21. The van der Waals surface area contributed by atoms with E-state index in [1.807, 2.05) is 12.1 Å². The third-order valence-electron chi connectivity index (χ3n) is 4.82. The number of rotatable bonds is 8. The molecule has 1 aromatic carbocycles. The van der Waals surface area contributed by atoms with Crippen LogP contribution in [0.15, 0.2) is 24.3 Å². The van der Waals surface area contributed by atoms with Gasteiger partial charge in [0.25, 0.3) is 0 Å². The lowest BCUT2D eigenvalue weighted by molar-refractivity contribution is 0.255. The highest BCUT2D eigenvalue weighted by Crippen LogP contribution is 2.21. The molecular formula is C20H34N2O. The molecule has 1 fully saturated rings. The molecule has 0 heterocycles. The summed E-state index contributed by atoms with van der Waals surface area (Å²) in [6.45, 7) is 7.87. The van der Waals surface area contributed by atoms with Gasteiger partial charge in [0.05, 0.1) is 7.11 Å². The summed E-state index contributed by atoms with van der Waals surface area (Å²) in [5, 5.41) is 7.65. The van der Waals surface area contributed by atoms with E-state index in [0.29, 0.717) is 18.1 Å². The number of hydrogen-bond acceptors (Lipinski definition) is 3. The first-order valence-electron chi connectivity index (χ1n) is 9.21. The predicted molar refractivity (Wildman–Crippen MR) is 97.9 cm³/mol. The second kappa shape index (κ2) is 9.29. The van der Waals surface area contributed by atoms with Crippen LogP contribution in [0.5, 0.6) is 5.75 Å². The predicted octanol–water partition coefficient (Wildman–Crippen LogP) is 4.12. The van der Waals surface area contributed by atoms with Gasteiger partial charge in [-0.3, -0.25) is 0 Å². The van der Waals surface area contributed by atoms with Crippen molar-refractivity contribution >= 4 is 0 Å². The third-order valence-corrected chi connectivity index (χ3v) is 4.82. The summed E-state index contributed by atoms with van der Waals surface area (Å²) in [6.07, 6.45) is 6.52. The fourth-order valence-corrected chi connectivity index (χ4v) is 3.71. The van der Waals surface area contributed by atoms with Crippen LogP contribution in [0.25, 0.3) is 0 Å². The second-order valence-electron chi connectivity index (χ2n) is 7.42. The smallest absolute Gasteiger partial charge is 0.118 e. The molecule has 2 N–H and O–H groups in total. The Morgan fingerprint density at radius 2 is 1.70 bits per heavy atom. The van der Waals surface area contributed by atoms with Gasteiger partial charge in [0.2, 0.25) is 0 Å². The van der Waals surface area contributed by atoms with Crippen LogP contribution in [0.3, 0.4) is 0 Å². The van der Waals surface area contributed by atoms with Crippen molar-refractivity contribution in [2.75, 3.05) is 7.11 Å². The van der Waals surface area contributed by atoms with E-state index in [4.69, 9.17) is 4.74 Å². The van der Waals surface area contributed by atoms with Gasteiger partial charge >= 0.3 is 0 Å². The van der Waals surface area contributed by atoms with Gasteiger partial charge in [-0.05, 0) is 49.8 Å². The Morgan fingerprint density at radius 3 is 2.30 bits per heavy atom. The minimum absolute atomic E-state index is 0.584. The van der Waals surface area contributed by atoms with Crippen LogP contribution in [0.1, 0.15) is 58.4 Å². The van der Waals surface area contributed by atoms with E-state index >= 15 is 0 Å². The van der Waals surface area contributed by atoms with Gasteiger partial charge < -0.3 is 15.4 Å². The van der Waals surface area contributed by atoms with E-state index in [1.165, 1.54) is 37.7 Å². The topological polar surface area (TPSA) is 33.3 Å². The molecule has 3 nitrogen and oxygen atoms in total. The minimum atomic E-state index is 0.584. The summed E-state index contributed by atoms with van der Waals surface area (Å²) in [6, 6.07) is 10.2. The Bertz CT molecular complexity index is 443. The lowest BCUT2D eigenvalue weighted by atomic mass is 9.89. The van der Waals surface area contributed by atoms with Crippen molar-refractivity contribution in [2.45, 2.75) is 77.5 Å². The molecule has 130 valence electrons. The van der Waals surface area contributed by atoms with Crippen molar-refractivity contribution in [1.29, 1.82) is 0 Å². The molecule has 0 saturated heterocycles. The van der Waals surface area contributed by atoms with Crippen LogP contribution < -0.4 is 15.4 Å². The van der Waals surface area contributed by atoms with Crippen molar-refractivity contribution in [1.82, 2.24) is 10.6 Å². The molecule has 1 unspecified atom stereocenters. The summed E-state index contributed by atoms with van der Waals surface area (Å²) in [4.78, 5) is 0. The maximum atomic E-state index is 5.23. The molecule has 1 aromatic rings. The fraction of sp³-hybridized carbons (Fsp3) is 0.700.